The molecule has 25 heavy (non-hydrogen) atoms. The largest absolute Gasteiger partial charge is 0.507 e. The Kier molecular flexibility index (Phi) is 5.04. The summed E-state index contributed by atoms with van der Waals surface area (Å²) >= 11 is 0.987. The van der Waals surface area contributed by atoms with Crippen LogP contribution in [0.25, 0.3) is 0 Å². The Bertz CT molecular complexity index is 818. The quantitative estimate of drug-likeness (QED) is 0.772. The number of phenolic OH excluding ortho intramolecular Hbond substituents is 1. The summed E-state index contributed by atoms with van der Waals surface area (Å²) in [4.78, 5) is 34.8. The van der Waals surface area contributed by atoms with Gasteiger partial charge in [-0.15, -0.1) is 0 Å². The highest BCUT2D eigenvalue weighted by molar-refractivity contribution is 8.15. The molecule has 0 aromatic heterocycles. The van der Waals surface area contributed by atoms with E-state index in [0.717, 1.165) is 17.3 Å². The highest BCUT2D eigenvalue weighted by Crippen LogP contribution is 2.24. The smallest absolute Gasteiger partial charge is 0.286 e. The maximum Gasteiger partial charge on any atom is 0.286 e. The molecule has 1 aliphatic heterocycles. The van der Waals surface area contributed by atoms with Crippen molar-refractivity contribution >= 4 is 28.7 Å². The van der Waals surface area contributed by atoms with E-state index in [1.54, 1.807) is 36.4 Å². The number of hydrogen-bond donors (Lipinski definition) is 2. The molecule has 7 heteroatoms. The Morgan fingerprint density at radius 1 is 1.12 bits per heavy atom. The molecular formula is C18H15NO5S. The number of rotatable bonds is 6. The van der Waals surface area contributed by atoms with Gasteiger partial charge in [-0.2, -0.15) is 0 Å². The van der Waals surface area contributed by atoms with E-state index in [-0.39, 0.29) is 34.8 Å². The lowest BCUT2D eigenvalue weighted by Crippen LogP contribution is -2.25. The van der Waals surface area contributed by atoms with Crippen molar-refractivity contribution in [1.29, 1.82) is 0 Å². The zero-order valence-electron chi connectivity index (χ0n) is 13.1. The second-order valence-corrected chi connectivity index (χ2v) is 6.64. The average Bonchev–Trinajstić information content (AvgIpc) is 2.91. The molecule has 128 valence electrons. The molecule has 0 aliphatic carbocycles. The van der Waals surface area contributed by atoms with Crippen LogP contribution in [-0.4, -0.2) is 33.9 Å². The van der Waals surface area contributed by atoms with Gasteiger partial charge >= 0.3 is 0 Å². The Labute approximate surface area is 148 Å². The molecule has 1 heterocycles. The summed E-state index contributed by atoms with van der Waals surface area (Å²) in [6.07, 6.45) is 0.444. The van der Waals surface area contributed by atoms with Gasteiger partial charge in [0, 0.05) is 0 Å². The Balaban J connectivity index is 1.56. The molecule has 2 N–H and O–H groups in total. The minimum Gasteiger partial charge on any atom is -0.507 e. The van der Waals surface area contributed by atoms with Crippen LogP contribution in [0.2, 0.25) is 0 Å². The number of ether oxygens (including phenoxy) is 1. The van der Waals surface area contributed by atoms with Crippen LogP contribution >= 0.6 is 11.8 Å². The lowest BCUT2D eigenvalue weighted by atomic mass is 10.1. The zero-order chi connectivity index (χ0) is 17.8. The third-order valence-electron chi connectivity index (χ3n) is 3.69. The summed E-state index contributed by atoms with van der Waals surface area (Å²) in [5.41, 5.74) is 1.11. The molecule has 1 aliphatic rings. The molecular weight excluding hydrogens is 342 g/mol. The van der Waals surface area contributed by atoms with Crippen LogP contribution in [-0.2, 0) is 11.2 Å². The van der Waals surface area contributed by atoms with Gasteiger partial charge in [-0.3, -0.25) is 19.7 Å². The van der Waals surface area contributed by atoms with Crippen LogP contribution in [0.5, 0.6) is 11.5 Å². The molecule has 0 radical (unpaired) electrons. The van der Waals surface area contributed by atoms with E-state index < -0.39 is 5.25 Å². The topological polar surface area (TPSA) is 92.7 Å². The summed E-state index contributed by atoms with van der Waals surface area (Å²) in [6, 6.07) is 13.3. The van der Waals surface area contributed by atoms with Crippen LogP contribution < -0.4 is 10.1 Å². The third-order valence-corrected chi connectivity index (χ3v) is 4.67. The zero-order valence-corrected chi connectivity index (χ0v) is 13.9. The maximum atomic E-state index is 12.0. The third kappa shape index (κ3) is 4.19. The lowest BCUT2D eigenvalue weighted by molar-refractivity contribution is -0.118. The number of hydrogen-bond acceptors (Lipinski definition) is 6. The van der Waals surface area contributed by atoms with Gasteiger partial charge < -0.3 is 9.84 Å². The van der Waals surface area contributed by atoms with Crippen molar-refractivity contribution in [3.8, 4) is 11.5 Å². The van der Waals surface area contributed by atoms with Crippen molar-refractivity contribution in [2.24, 2.45) is 0 Å². The second-order valence-electron chi connectivity index (χ2n) is 5.46. The molecule has 0 saturated carbocycles. The standard InChI is InChI=1S/C18H15NO5S/c20-14-4-2-1-3-13(14)15(21)10-24-12-7-5-11(6-8-12)9-16-17(22)19-18(23)25-16/h1-8,16,20H,9-10H2,(H,19,22,23). The molecule has 6 nitrogen and oxygen atoms in total. The molecule has 1 unspecified atom stereocenters. The van der Waals surface area contributed by atoms with Crippen molar-refractivity contribution in [2.75, 3.05) is 6.61 Å². The Hall–Kier alpha value is -2.80. The van der Waals surface area contributed by atoms with Crippen molar-refractivity contribution < 1.29 is 24.2 Å². The number of carbonyl (C=O) groups excluding carboxylic acids is 3. The first-order valence-corrected chi connectivity index (χ1v) is 8.45. The number of para-hydroxylation sites is 1. The number of thioether (sulfide) groups is 1. The van der Waals surface area contributed by atoms with E-state index >= 15 is 0 Å². The Morgan fingerprint density at radius 2 is 1.84 bits per heavy atom. The van der Waals surface area contributed by atoms with E-state index in [2.05, 4.69) is 5.32 Å². The van der Waals surface area contributed by atoms with E-state index in [1.165, 1.54) is 12.1 Å². The van der Waals surface area contributed by atoms with Gasteiger partial charge in [-0.25, -0.2) is 0 Å². The van der Waals surface area contributed by atoms with Gasteiger partial charge in [-0.1, -0.05) is 36.0 Å². The lowest BCUT2D eigenvalue weighted by Gasteiger charge is -2.09. The first kappa shape index (κ1) is 17.0. The predicted octanol–water partition coefficient (Wildman–Crippen LogP) is 2.55. The highest BCUT2D eigenvalue weighted by Gasteiger charge is 2.31. The van der Waals surface area contributed by atoms with Gasteiger partial charge in [0.2, 0.25) is 11.7 Å². The number of nitrogens with one attached hydrogen (secondary N) is 1. The molecule has 3 rings (SSSR count). The van der Waals surface area contributed by atoms with Crippen LogP contribution in [0.1, 0.15) is 15.9 Å². The summed E-state index contributed by atoms with van der Waals surface area (Å²) in [7, 11) is 0. The molecule has 1 atom stereocenters. The molecule has 1 fully saturated rings. The Morgan fingerprint density at radius 3 is 2.48 bits per heavy atom. The van der Waals surface area contributed by atoms with Crippen LogP contribution in [0.4, 0.5) is 4.79 Å². The van der Waals surface area contributed by atoms with Gasteiger partial charge in [0.05, 0.1) is 10.8 Å². The molecule has 2 aromatic carbocycles. The average molecular weight is 357 g/mol. The SMILES string of the molecule is O=C1NC(=O)C(Cc2ccc(OCC(=O)c3ccccc3O)cc2)S1. The first-order valence-electron chi connectivity index (χ1n) is 7.57. The van der Waals surface area contributed by atoms with Crippen molar-refractivity contribution in [3.63, 3.8) is 0 Å². The minimum atomic E-state index is -0.415. The summed E-state index contributed by atoms with van der Waals surface area (Å²) < 4.78 is 5.44. The van der Waals surface area contributed by atoms with Crippen LogP contribution in [0, 0.1) is 0 Å². The molecule has 2 aromatic rings. The number of phenols is 1. The molecule has 0 bridgehead atoms. The molecule has 2 amide bonds. The number of aromatic hydroxyl groups is 1. The van der Waals surface area contributed by atoms with E-state index in [0.29, 0.717) is 12.2 Å². The number of carbonyl (C=O) groups is 3. The fourth-order valence-electron chi connectivity index (χ4n) is 2.40. The van der Waals surface area contributed by atoms with Crippen molar-refractivity contribution in [1.82, 2.24) is 5.32 Å². The van der Waals surface area contributed by atoms with E-state index in [9.17, 15) is 19.5 Å². The number of amides is 2. The maximum absolute atomic E-state index is 12.0. The number of imide groups is 1. The minimum absolute atomic E-state index is 0.0756. The van der Waals surface area contributed by atoms with Crippen LogP contribution in [0.3, 0.4) is 0 Å². The number of ketones is 1. The van der Waals surface area contributed by atoms with Crippen LogP contribution in [0.15, 0.2) is 48.5 Å². The molecule has 1 saturated heterocycles. The highest BCUT2D eigenvalue weighted by atomic mass is 32.2. The van der Waals surface area contributed by atoms with Gasteiger partial charge in [-0.05, 0) is 36.2 Å². The van der Waals surface area contributed by atoms with Crippen molar-refractivity contribution in [3.05, 3.63) is 59.7 Å². The second kappa shape index (κ2) is 7.40. The van der Waals surface area contributed by atoms with Gasteiger partial charge in [0.1, 0.15) is 11.5 Å². The van der Waals surface area contributed by atoms with Gasteiger partial charge in [0.15, 0.2) is 6.61 Å². The number of Topliss-reactive ketones (excluding diaryl/α,β-unsaturated/α-hetero) is 1. The first-order chi connectivity index (χ1) is 12.0. The monoisotopic (exact) mass is 357 g/mol. The van der Waals surface area contributed by atoms with Crippen molar-refractivity contribution in [2.45, 2.75) is 11.7 Å². The fraction of sp³-hybridized carbons (Fsp3) is 0.167. The fourth-order valence-corrected chi connectivity index (χ4v) is 3.26. The normalized spacial score (nSPS) is 16.6. The number of benzene rings is 2. The summed E-state index contributed by atoms with van der Waals surface area (Å²) in [6.45, 7) is -0.188. The predicted molar refractivity (Wildman–Crippen MR) is 93.0 cm³/mol. The van der Waals surface area contributed by atoms with E-state index in [1.807, 2.05) is 0 Å². The molecule has 0 spiro atoms. The summed E-state index contributed by atoms with van der Waals surface area (Å²) in [5.74, 6) is -0.163. The van der Waals surface area contributed by atoms with Gasteiger partial charge in [0.25, 0.3) is 5.24 Å². The summed E-state index contributed by atoms with van der Waals surface area (Å²) in [5, 5.41) is 11.2. The van der Waals surface area contributed by atoms with E-state index in [4.69, 9.17) is 4.74 Å².